The Bertz CT molecular complexity index is 960. The molecule has 196 valence electrons. The zero-order valence-electron chi connectivity index (χ0n) is 22.3. The van der Waals surface area contributed by atoms with E-state index in [4.69, 9.17) is 25.4 Å². The molecule has 1 heterocycles. The number of terminal acetylenes is 1. The number of hydrogen-bond donors (Lipinski definition) is 0. The van der Waals surface area contributed by atoms with Crippen molar-refractivity contribution in [2.75, 3.05) is 52.9 Å². The number of rotatable bonds is 16. The Morgan fingerprint density at radius 2 is 1.67 bits per heavy atom. The lowest BCUT2D eigenvalue weighted by molar-refractivity contribution is -0.139. The summed E-state index contributed by atoms with van der Waals surface area (Å²) < 4.78 is 21.8. The number of allylic oxidation sites excluding steroid dienone is 3. The highest BCUT2D eigenvalue weighted by molar-refractivity contribution is 5.80. The maximum Gasteiger partial charge on any atom is 0.226 e. The summed E-state index contributed by atoms with van der Waals surface area (Å²) in [6.45, 7) is 16.1. The second kappa shape index (κ2) is 15.4. The number of benzene rings is 1. The SMILES string of the molecule is C#C/C=C\C(=C(\C)C=C)C1(C)c2ccccc2C(C)N1C(=O)CCOCCOCCOCCOCC. The van der Waals surface area contributed by atoms with E-state index in [2.05, 4.69) is 38.5 Å². The molecule has 36 heavy (non-hydrogen) atoms. The van der Waals surface area contributed by atoms with Crippen molar-refractivity contribution < 1.29 is 23.7 Å². The Hall–Kier alpha value is -2.69. The van der Waals surface area contributed by atoms with Gasteiger partial charge < -0.3 is 23.8 Å². The summed E-state index contributed by atoms with van der Waals surface area (Å²) >= 11 is 0. The van der Waals surface area contributed by atoms with Crippen LogP contribution < -0.4 is 0 Å². The zero-order chi connectivity index (χ0) is 26.4. The third-order valence-electron chi connectivity index (χ3n) is 6.46. The minimum atomic E-state index is -0.677. The normalized spacial score (nSPS) is 19.8. The molecule has 0 bridgehead atoms. The molecule has 0 saturated heterocycles. The molecule has 0 saturated carbocycles. The molecule has 1 aliphatic rings. The summed E-state index contributed by atoms with van der Waals surface area (Å²) in [5.74, 6) is 2.60. The number of nitrogens with zero attached hydrogens (tertiary/aromatic N) is 1. The number of carbonyl (C=O) groups is 1. The molecule has 1 aromatic rings. The van der Waals surface area contributed by atoms with Gasteiger partial charge in [0.25, 0.3) is 0 Å². The van der Waals surface area contributed by atoms with Crippen LogP contribution in [0.3, 0.4) is 0 Å². The van der Waals surface area contributed by atoms with Crippen molar-refractivity contribution in [2.24, 2.45) is 0 Å². The predicted molar refractivity (Wildman–Crippen MR) is 143 cm³/mol. The maximum atomic E-state index is 13.6. The van der Waals surface area contributed by atoms with Crippen LogP contribution in [-0.4, -0.2) is 63.7 Å². The summed E-state index contributed by atoms with van der Waals surface area (Å²) in [4.78, 5) is 15.5. The van der Waals surface area contributed by atoms with Gasteiger partial charge in [-0.25, -0.2) is 0 Å². The van der Waals surface area contributed by atoms with Crippen LogP contribution in [0.25, 0.3) is 0 Å². The fourth-order valence-corrected chi connectivity index (χ4v) is 4.70. The molecule has 1 aromatic carbocycles. The van der Waals surface area contributed by atoms with Gasteiger partial charge in [-0.2, -0.15) is 0 Å². The molecule has 1 amide bonds. The molecule has 0 aliphatic carbocycles. The molecule has 0 radical (unpaired) electrons. The summed E-state index contributed by atoms with van der Waals surface area (Å²) in [5.41, 5.74) is 3.49. The summed E-state index contributed by atoms with van der Waals surface area (Å²) in [6.07, 6.45) is 11.2. The first-order chi connectivity index (χ1) is 17.4. The van der Waals surface area contributed by atoms with Crippen molar-refractivity contribution in [3.8, 4) is 12.3 Å². The number of carbonyl (C=O) groups excluding carboxylic acids is 1. The monoisotopic (exact) mass is 495 g/mol. The van der Waals surface area contributed by atoms with Crippen molar-refractivity contribution in [3.05, 3.63) is 71.3 Å². The highest BCUT2D eigenvalue weighted by atomic mass is 16.6. The van der Waals surface area contributed by atoms with E-state index in [1.54, 1.807) is 6.08 Å². The van der Waals surface area contributed by atoms with E-state index in [1.165, 1.54) is 0 Å². The van der Waals surface area contributed by atoms with Gasteiger partial charge in [0, 0.05) is 6.61 Å². The fourth-order valence-electron chi connectivity index (χ4n) is 4.70. The van der Waals surface area contributed by atoms with Crippen LogP contribution in [-0.2, 0) is 29.3 Å². The van der Waals surface area contributed by atoms with E-state index < -0.39 is 5.54 Å². The van der Waals surface area contributed by atoms with Crippen LogP contribution in [0.15, 0.2) is 60.2 Å². The molecule has 0 fully saturated rings. The van der Waals surface area contributed by atoms with Crippen molar-refractivity contribution in [1.82, 2.24) is 4.90 Å². The second-order valence-electron chi connectivity index (χ2n) is 8.68. The van der Waals surface area contributed by atoms with Crippen LogP contribution in [0, 0.1) is 12.3 Å². The van der Waals surface area contributed by atoms with Crippen LogP contribution in [0.5, 0.6) is 0 Å². The predicted octanol–water partition coefficient (Wildman–Crippen LogP) is 4.97. The average molecular weight is 496 g/mol. The topological polar surface area (TPSA) is 57.2 Å². The molecule has 2 unspecified atom stereocenters. The van der Waals surface area contributed by atoms with Crippen LogP contribution >= 0.6 is 0 Å². The Morgan fingerprint density at radius 1 is 1.08 bits per heavy atom. The molecule has 0 spiro atoms. The van der Waals surface area contributed by atoms with Gasteiger partial charge in [-0.15, -0.1) is 6.42 Å². The minimum Gasteiger partial charge on any atom is -0.379 e. The van der Waals surface area contributed by atoms with Crippen molar-refractivity contribution >= 4 is 5.91 Å². The molecule has 1 aliphatic heterocycles. The lowest BCUT2D eigenvalue weighted by atomic mass is 9.81. The van der Waals surface area contributed by atoms with Crippen LogP contribution in [0.2, 0.25) is 0 Å². The van der Waals surface area contributed by atoms with Gasteiger partial charge in [-0.1, -0.05) is 42.8 Å². The van der Waals surface area contributed by atoms with Gasteiger partial charge >= 0.3 is 0 Å². The number of hydrogen-bond acceptors (Lipinski definition) is 5. The maximum absolute atomic E-state index is 13.6. The quantitative estimate of drug-likeness (QED) is 0.184. The highest BCUT2D eigenvalue weighted by Gasteiger charge is 2.49. The van der Waals surface area contributed by atoms with Crippen molar-refractivity contribution in [1.29, 1.82) is 0 Å². The third kappa shape index (κ3) is 7.41. The van der Waals surface area contributed by atoms with E-state index in [0.29, 0.717) is 52.9 Å². The van der Waals surface area contributed by atoms with Gasteiger partial charge in [0.2, 0.25) is 5.91 Å². The Kier molecular flexibility index (Phi) is 12.7. The number of fused-ring (bicyclic) bond motifs is 1. The Morgan fingerprint density at radius 3 is 2.25 bits per heavy atom. The summed E-state index contributed by atoms with van der Waals surface area (Å²) in [5, 5.41) is 0. The first-order valence-electron chi connectivity index (χ1n) is 12.6. The van der Waals surface area contributed by atoms with Crippen LogP contribution in [0.4, 0.5) is 0 Å². The van der Waals surface area contributed by atoms with Crippen molar-refractivity contribution in [3.63, 3.8) is 0 Å². The Balaban J connectivity index is 1.98. The van der Waals surface area contributed by atoms with E-state index in [9.17, 15) is 4.79 Å². The molecule has 0 aromatic heterocycles. The first kappa shape index (κ1) is 29.5. The molecule has 0 N–H and O–H groups in total. The summed E-state index contributed by atoms with van der Waals surface area (Å²) in [6, 6.07) is 8.12. The third-order valence-corrected chi connectivity index (χ3v) is 6.46. The van der Waals surface area contributed by atoms with Crippen molar-refractivity contribution in [2.45, 2.75) is 45.7 Å². The molecule has 2 atom stereocenters. The van der Waals surface area contributed by atoms with Gasteiger partial charge in [0.05, 0.1) is 64.2 Å². The van der Waals surface area contributed by atoms with Gasteiger partial charge in [0.15, 0.2) is 0 Å². The zero-order valence-corrected chi connectivity index (χ0v) is 22.3. The van der Waals surface area contributed by atoms with Gasteiger partial charge in [-0.05, 0) is 62.1 Å². The largest absolute Gasteiger partial charge is 0.379 e. The highest BCUT2D eigenvalue weighted by Crippen LogP contribution is 2.51. The molecular weight excluding hydrogens is 454 g/mol. The number of amides is 1. The van der Waals surface area contributed by atoms with E-state index >= 15 is 0 Å². The molecule has 6 nitrogen and oxygen atoms in total. The van der Waals surface area contributed by atoms with Crippen LogP contribution in [0.1, 0.15) is 51.3 Å². The van der Waals surface area contributed by atoms with Gasteiger partial charge in [-0.3, -0.25) is 4.79 Å². The molecule has 6 heteroatoms. The number of ether oxygens (including phenoxy) is 4. The standard InChI is InChI=1S/C30H41NO5/c1-7-10-14-27(24(4)8-2)30(6)28-15-12-11-13-26(28)25(5)31(30)29(32)16-17-34-20-21-36-23-22-35-19-18-33-9-3/h1,8,10-15,25H,2,9,16-23H2,3-6H3/b14-10-,27-24+. The Labute approximate surface area is 216 Å². The van der Waals surface area contributed by atoms with Gasteiger partial charge in [0.1, 0.15) is 0 Å². The van der Waals surface area contributed by atoms with E-state index in [0.717, 1.165) is 22.3 Å². The second-order valence-corrected chi connectivity index (χ2v) is 8.68. The first-order valence-corrected chi connectivity index (χ1v) is 12.6. The fraction of sp³-hybridized carbons (Fsp3) is 0.500. The lowest BCUT2D eigenvalue weighted by Gasteiger charge is -2.40. The van der Waals surface area contributed by atoms with E-state index in [1.807, 2.05) is 43.0 Å². The molecular formula is C30H41NO5. The molecule has 2 rings (SSSR count). The smallest absolute Gasteiger partial charge is 0.226 e. The average Bonchev–Trinajstić information content (AvgIpc) is 3.11. The minimum absolute atomic E-state index is 0.0216. The lowest BCUT2D eigenvalue weighted by Crippen LogP contribution is -2.45. The summed E-state index contributed by atoms with van der Waals surface area (Å²) in [7, 11) is 0. The van der Waals surface area contributed by atoms with E-state index in [-0.39, 0.29) is 18.4 Å².